The molecule has 0 saturated carbocycles. The molecule has 1 rings (SSSR count). The van der Waals surface area contributed by atoms with Gasteiger partial charge in [0.1, 0.15) is 0 Å². The van der Waals surface area contributed by atoms with E-state index >= 15 is 0 Å². The smallest absolute Gasteiger partial charge is 0.0934 e. The average Bonchev–Trinajstić information content (AvgIpc) is 2.59. The highest BCUT2D eigenvalue weighted by atomic mass is 32.1. The molecule has 0 spiro atoms. The zero-order valence-electron chi connectivity index (χ0n) is 11.1. The fourth-order valence-corrected chi connectivity index (χ4v) is 2.48. The monoisotopic (exact) mass is 240 g/mol. The van der Waals surface area contributed by atoms with Crippen LogP contribution >= 0.6 is 11.3 Å². The van der Waals surface area contributed by atoms with Crippen LogP contribution in [-0.2, 0) is 13.0 Å². The molecule has 1 aromatic heterocycles. The summed E-state index contributed by atoms with van der Waals surface area (Å²) in [6.45, 7) is 12.1. The number of aromatic nitrogens is 1. The van der Waals surface area contributed by atoms with Crippen LogP contribution in [0.1, 0.15) is 51.7 Å². The molecule has 0 aliphatic heterocycles. The van der Waals surface area contributed by atoms with Gasteiger partial charge in [-0.05, 0) is 18.8 Å². The van der Waals surface area contributed by atoms with Gasteiger partial charge in [0.2, 0.25) is 0 Å². The fraction of sp³-hybridized carbons (Fsp3) is 0.769. The van der Waals surface area contributed by atoms with E-state index in [2.05, 4.69) is 50.3 Å². The number of nitrogens with one attached hydrogen (secondary N) is 1. The maximum Gasteiger partial charge on any atom is 0.0934 e. The van der Waals surface area contributed by atoms with Gasteiger partial charge in [0, 0.05) is 24.4 Å². The molecule has 3 heteroatoms. The molecule has 0 fully saturated rings. The predicted molar refractivity (Wildman–Crippen MR) is 71.9 cm³/mol. The Morgan fingerprint density at radius 3 is 2.69 bits per heavy atom. The second-order valence-electron chi connectivity index (χ2n) is 5.66. The van der Waals surface area contributed by atoms with Crippen LogP contribution in [0.5, 0.6) is 0 Å². The van der Waals surface area contributed by atoms with Gasteiger partial charge in [-0.2, -0.15) is 0 Å². The van der Waals surface area contributed by atoms with E-state index in [1.165, 1.54) is 17.1 Å². The molecule has 1 atom stereocenters. The number of thiazole rings is 1. The molecule has 0 radical (unpaired) electrons. The molecular weight excluding hydrogens is 216 g/mol. The van der Waals surface area contributed by atoms with Crippen LogP contribution in [0, 0.1) is 5.41 Å². The molecule has 1 heterocycles. The molecule has 1 unspecified atom stereocenters. The predicted octanol–water partition coefficient (Wildman–Crippen LogP) is 3.62. The van der Waals surface area contributed by atoms with Gasteiger partial charge < -0.3 is 5.32 Å². The van der Waals surface area contributed by atoms with Gasteiger partial charge in [-0.25, -0.2) is 4.98 Å². The van der Waals surface area contributed by atoms with Crippen LogP contribution in [0.15, 0.2) is 5.38 Å². The van der Waals surface area contributed by atoms with Crippen LogP contribution in [0.3, 0.4) is 0 Å². The van der Waals surface area contributed by atoms with Gasteiger partial charge in [0.05, 0.1) is 10.7 Å². The Morgan fingerprint density at radius 1 is 1.44 bits per heavy atom. The third kappa shape index (κ3) is 5.08. The van der Waals surface area contributed by atoms with Crippen molar-refractivity contribution in [3.8, 4) is 0 Å². The first-order valence-electron chi connectivity index (χ1n) is 6.07. The molecule has 92 valence electrons. The van der Waals surface area contributed by atoms with E-state index in [0.29, 0.717) is 11.5 Å². The summed E-state index contributed by atoms with van der Waals surface area (Å²) in [5, 5.41) is 6.90. The second-order valence-corrected chi connectivity index (χ2v) is 6.60. The Balaban J connectivity index is 2.45. The Hall–Kier alpha value is -0.410. The molecule has 0 amide bonds. The molecule has 0 bridgehead atoms. The fourth-order valence-electron chi connectivity index (χ4n) is 1.39. The van der Waals surface area contributed by atoms with E-state index in [1.807, 2.05) is 0 Å². The minimum absolute atomic E-state index is 0.333. The molecule has 0 aliphatic carbocycles. The van der Waals surface area contributed by atoms with Gasteiger partial charge in [-0.15, -0.1) is 11.3 Å². The van der Waals surface area contributed by atoms with Gasteiger partial charge in [-0.3, -0.25) is 0 Å². The van der Waals surface area contributed by atoms with Gasteiger partial charge in [0.15, 0.2) is 0 Å². The van der Waals surface area contributed by atoms with Crippen LogP contribution in [-0.4, -0.2) is 11.0 Å². The molecule has 2 nitrogen and oxygen atoms in total. The van der Waals surface area contributed by atoms with Crippen molar-refractivity contribution in [2.45, 2.75) is 60.0 Å². The first-order valence-corrected chi connectivity index (χ1v) is 6.95. The van der Waals surface area contributed by atoms with E-state index in [1.54, 1.807) is 11.3 Å². The van der Waals surface area contributed by atoms with Crippen molar-refractivity contribution < 1.29 is 0 Å². The molecule has 0 aliphatic rings. The number of nitrogens with zero attached hydrogens (tertiary/aromatic N) is 1. The summed E-state index contributed by atoms with van der Waals surface area (Å²) < 4.78 is 0. The third-order valence-electron chi connectivity index (χ3n) is 2.52. The highest BCUT2D eigenvalue weighted by Gasteiger charge is 2.14. The Labute approximate surface area is 103 Å². The lowest BCUT2D eigenvalue weighted by Gasteiger charge is -2.15. The van der Waals surface area contributed by atoms with Crippen molar-refractivity contribution in [2.24, 2.45) is 5.41 Å². The van der Waals surface area contributed by atoms with E-state index < -0.39 is 0 Å². The SMILES string of the molecule is CCC(C)NCc1csc(CC(C)(C)C)n1. The van der Waals surface area contributed by atoms with Crippen LogP contribution in [0.2, 0.25) is 0 Å². The van der Waals surface area contributed by atoms with Crippen LogP contribution < -0.4 is 5.32 Å². The second kappa shape index (κ2) is 5.78. The van der Waals surface area contributed by atoms with Crippen molar-refractivity contribution in [1.82, 2.24) is 10.3 Å². The quantitative estimate of drug-likeness (QED) is 0.850. The molecule has 1 aromatic rings. The zero-order valence-corrected chi connectivity index (χ0v) is 11.9. The van der Waals surface area contributed by atoms with Crippen LogP contribution in [0.4, 0.5) is 0 Å². The number of hydrogen-bond acceptors (Lipinski definition) is 3. The van der Waals surface area contributed by atoms with Gasteiger partial charge in [-0.1, -0.05) is 27.7 Å². The minimum atomic E-state index is 0.333. The summed E-state index contributed by atoms with van der Waals surface area (Å²) in [4.78, 5) is 4.66. The van der Waals surface area contributed by atoms with E-state index in [4.69, 9.17) is 0 Å². The molecular formula is C13H24N2S. The highest BCUT2D eigenvalue weighted by molar-refractivity contribution is 7.09. The van der Waals surface area contributed by atoms with Crippen molar-refractivity contribution in [2.75, 3.05) is 0 Å². The summed E-state index contributed by atoms with van der Waals surface area (Å²) in [5.41, 5.74) is 1.52. The van der Waals surface area contributed by atoms with Gasteiger partial charge in [0.25, 0.3) is 0 Å². The first kappa shape index (κ1) is 13.7. The summed E-state index contributed by atoms with van der Waals surface area (Å²) in [6.07, 6.45) is 2.24. The molecule has 0 aromatic carbocycles. The van der Waals surface area contributed by atoms with Gasteiger partial charge >= 0.3 is 0 Å². The topological polar surface area (TPSA) is 24.9 Å². The number of rotatable bonds is 5. The lowest BCUT2D eigenvalue weighted by molar-refractivity contribution is 0.410. The molecule has 1 N–H and O–H groups in total. The summed E-state index contributed by atoms with van der Waals surface area (Å²) in [5.74, 6) is 0. The molecule has 0 saturated heterocycles. The highest BCUT2D eigenvalue weighted by Crippen LogP contribution is 2.22. The first-order chi connectivity index (χ1) is 7.40. The Bertz CT molecular complexity index is 312. The summed E-state index contributed by atoms with van der Waals surface area (Å²) in [6, 6.07) is 0.577. The lowest BCUT2D eigenvalue weighted by atomic mass is 9.93. The maximum absolute atomic E-state index is 4.66. The van der Waals surface area contributed by atoms with E-state index in [9.17, 15) is 0 Å². The Morgan fingerprint density at radius 2 is 2.12 bits per heavy atom. The third-order valence-corrected chi connectivity index (χ3v) is 3.42. The zero-order chi connectivity index (χ0) is 12.2. The lowest BCUT2D eigenvalue weighted by Crippen LogP contribution is -2.24. The summed E-state index contributed by atoms with van der Waals surface area (Å²) in [7, 11) is 0. The Kier molecular flexibility index (Phi) is 4.93. The van der Waals surface area contributed by atoms with Crippen molar-refractivity contribution in [3.05, 3.63) is 16.1 Å². The van der Waals surface area contributed by atoms with E-state index in [-0.39, 0.29) is 0 Å². The minimum Gasteiger partial charge on any atom is -0.309 e. The summed E-state index contributed by atoms with van der Waals surface area (Å²) >= 11 is 1.78. The molecule has 16 heavy (non-hydrogen) atoms. The average molecular weight is 240 g/mol. The van der Waals surface area contributed by atoms with E-state index in [0.717, 1.165) is 13.0 Å². The van der Waals surface area contributed by atoms with Crippen molar-refractivity contribution >= 4 is 11.3 Å². The van der Waals surface area contributed by atoms with Crippen molar-refractivity contribution in [1.29, 1.82) is 0 Å². The number of hydrogen-bond donors (Lipinski definition) is 1. The largest absolute Gasteiger partial charge is 0.309 e. The standard InChI is InChI=1S/C13H24N2S/c1-6-10(2)14-8-11-9-16-12(15-11)7-13(3,4)5/h9-10,14H,6-8H2,1-5H3. The normalized spacial score (nSPS) is 14.1. The van der Waals surface area contributed by atoms with Crippen LogP contribution in [0.25, 0.3) is 0 Å². The van der Waals surface area contributed by atoms with Crippen molar-refractivity contribution in [3.63, 3.8) is 0 Å². The maximum atomic E-state index is 4.66.